The molecule has 2 aliphatic rings. The summed E-state index contributed by atoms with van der Waals surface area (Å²) < 4.78 is 20.1. The summed E-state index contributed by atoms with van der Waals surface area (Å²) >= 11 is 1.70. The molecule has 172 valence electrons. The lowest BCUT2D eigenvalue weighted by molar-refractivity contribution is 0.222. The van der Waals surface area contributed by atoms with Crippen LogP contribution in [-0.2, 0) is 0 Å². The number of fused-ring (bicyclic) bond motifs is 3. The van der Waals surface area contributed by atoms with Crippen molar-refractivity contribution >= 4 is 23.0 Å². The molecule has 0 aliphatic carbocycles. The van der Waals surface area contributed by atoms with Gasteiger partial charge in [0.05, 0.1) is 19.4 Å². The van der Waals surface area contributed by atoms with Gasteiger partial charge in [-0.3, -0.25) is 0 Å². The Morgan fingerprint density at radius 1 is 1.15 bits per heavy atom. The van der Waals surface area contributed by atoms with Gasteiger partial charge >= 0.3 is 0 Å². The molecule has 0 bridgehead atoms. The molecule has 2 aromatic heterocycles. The summed E-state index contributed by atoms with van der Waals surface area (Å²) in [6.45, 7) is 4.62. The lowest BCUT2D eigenvalue weighted by Gasteiger charge is -2.38. The smallest absolute Gasteiger partial charge is 0.226 e. The van der Waals surface area contributed by atoms with Gasteiger partial charge in [0.2, 0.25) is 5.95 Å². The maximum absolute atomic E-state index is 6.71. The molecule has 0 amide bonds. The van der Waals surface area contributed by atoms with Gasteiger partial charge in [-0.05, 0) is 49.6 Å². The number of aromatic nitrogens is 3. The van der Waals surface area contributed by atoms with Crippen LogP contribution in [-0.4, -0.2) is 28.5 Å². The van der Waals surface area contributed by atoms with E-state index in [9.17, 15) is 0 Å². The van der Waals surface area contributed by atoms with E-state index < -0.39 is 0 Å². The average Bonchev–Trinajstić information content (AvgIpc) is 3.55. The van der Waals surface area contributed by atoms with E-state index in [0.29, 0.717) is 18.1 Å². The van der Waals surface area contributed by atoms with Crippen molar-refractivity contribution in [2.45, 2.75) is 26.0 Å². The number of hydrogen-bond donors (Lipinski definition) is 1. The average molecular weight is 473 g/mol. The van der Waals surface area contributed by atoms with Gasteiger partial charge in [0, 0.05) is 21.6 Å². The number of thiophene rings is 1. The Hall–Kier alpha value is -3.78. The highest BCUT2D eigenvalue weighted by Gasteiger charge is 2.41. The number of rotatable bonds is 5. The molecular weight excluding hydrogens is 448 g/mol. The van der Waals surface area contributed by atoms with Crippen LogP contribution >= 0.6 is 11.3 Å². The van der Waals surface area contributed by atoms with Crippen molar-refractivity contribution in [1.29, 1.82) is 0 Å². The van der Waals surface area contributed by atoms with E-state index in [-0.39, 0.29) is 12.1 Å². The lowest BCUT2D eigenvalue weighted by atomic mass is 9.86. The predicted octanol–water partition coefficient (Wildman–Crippen LogP) is 5.62. The van der Waals surface area contributed by atoms with E-state index in [1.54, 1.807) is 24.8 Å². The van der Waals surface area contributed by atoms with E-state index in [0.717, 1.165) is 39.7 Å². The van der Waals surface area contributed by atoms with Crippen molar-refractivity contribution in [2.75, 3.05) is 19.0 Å². The largest absolute Gasteiger partial charge is 0.493 e. The second-order valence-corrected chi connectivity index (χ2v) is 9.22. The van der Waals surface area contributed by atoms with Gasteiger partial charge in [0.25, 0.3) is 0 Å². The number of nitrogens with zero attached hydrogens (tertiary/aromatic N) is 3. The Kier molecular flexibility index (Phi) is 5.03. The van der Waals surface area contributed by atoms with Gasteiger partial charge in [0.1, 0.15) is 24.2 Å². The first-order valence-corrected chi connectivity index (χ1v) is 12.1. The zero-order valence-electron chi connectivity index (χ0n) is 19.1. The van der Waals surface area contributed by atoms with Crippen molar-refractivity contribution in [3.8, 4) is 17.2 Å². The maximum Gasteiger partial charge on any atom is 0.226 e. The third-order valence-corrected chi connectivity index (χ3v) is 7.10. The van der Waals surface area contributed by atoms with E-state index in [4.69, 9.17) is 14.2 Å². The molecule has 34 heavy (non-hydrogen) atoms. The van der Waals surface area contributed by atoms with Crippen LogP contribution in [0.2, 0.25) is 0 Å². The van der Waals surface area contributed by atoms with Crippen molar-refractivity contribution in [2.24, 2.45) is 0 Å². The third kappa shape index (κ3) is 3.25. The standard InChI is InChI=1S/C26H24N4O3S/c1-4-32-19-10-8-16(13-20(19)31-3)25-22-23(17-12-15(2)7-9-18(17)33-25)29-26-27-14-28-30(26)24(22)21-6-5-11-34-21/h5-14,24-25H,4H2,1-3H3,(H,27,28,29). The van der Waals surface area contributed by atoms with E-state index >= 15 is 0 Å². The van der Waals surface area contributed by atoms with E-state index in [2.05, 4.69) is 52.0 Å². The van der Waals surface area contributed by atoms with Crippen LogP contribution in [0, 0.1) is 6.92 Å². The third-order valence-electron chi connectivity index (χ3n) is 6.17. The summed E-state index contributed by atoms with van der Waals surface area (Å²) in [4.78, 5) is 5.66. The number of methoxy groups -OCH3 is 1. The molecule has 4 aromatic rings. The molecule has 8 heteroatoms. The highest BCUT2D eigenvalue weighted by Crippen LogP contribution is 2.52. The summed E-state index contributed by atoms with van der Waals surface area (Å²) in [6.07, 6.45) is 1.24. The van der Waals surface area contributed by atoms with Crippen LogP contribution in [0.1, 0.15) is 40.6 Å². The number of ether oxygens (including phenoxy) is 3. The minimum Gasteiger partial charge on any atom is -0.493 e. The minimum atomic E-state index is -0.355. The summed E-state index contributed by atoms with van der Waals surface area (Å²) in [7, 11) is 1.66. The molecule has 2 atom stereocenters. The highest BCUT2D eigenvalue weighted by atomic mass is 32.1. The van der Waals surface area contributed by atoms with Gasteiger partial charge in [0.15, 0.2) is 11.5 Å². The normalized spacial score (nSPS) is 18.3. The molecule has 4 heterocycles. The van der Waals surface area contributed by atoms with Gasteiger partial charge in [-0.25, -0.2) is 4.68 Å². The van der Waals surface area contributed by atoms with Crippen molar-refractivity contribution in [1.82, 2.24) is 14.8 Å². The Morgan fingerprint density at radius 3 is 2.85 bits per heavy atom. The Balaban J connectivity index is 1.58. The molecule has 1 N–H and O–H groups in total. The molecular formula is C26H24N4O3S. The van der Waals surface area contributed by atoms with Crippen LogP contribution in [0.4, 0.5) is 5.95 Å². The molecule has 6 rings (SSSR count). The first-order chi connectivity index (χ1) is 16.7. The Bertz CT molecular complexity index is 1390. The maximum atomic E-state index is 6.71. The lowest BCUT2D eigenvalue weighted by Crippen LogP contribution is -2.32. The molecule has 0 fully saturated rings. The van der Waals surface area contributed by atoms with Crippen LogP contribution < -0.4 is 19.5 Å². The van der Waals surface area contributed by atoms with Crippen LogP contribution in [0.5, 0.6) is 17.2 Å². The van der Waals surface area contributed by atoms with E-state index in [1.807, 2.05) is 35.9 Å². The molecule has 0 radical (unpaired) electrons. The number of nitrogens with one attached hydrogen (secondary N) is 1. The molecule has 2 aromatic carbocycles. The fourth-order valence-corrected chi connectivity index (χ4v) is 5.53. The number of aryl methyl sites for hydroxylation is 1. The van der Waals surface area contributed by atoms with Gasteiger partial charge in [-0.2, -0.15) is 10.1 Å². The number of hydrogen-bond acceptors (Lipinski definition) is 7. The number of anilines is 1. The molecule has 0 spiro atoms. The van der Waals surface area contributed by atoms with E-state index in [1.165, 1.54) is 4.88 Å². The van der Waals surface area contributed by atoms with Crippen molar-refractivity contribution in [3.05, 3.63) is 87.4 Å². The molecule has 0 saturated carbocycles. The Morgan fingerprint density at radius 2 is 2.06 bits per heavy atom. The summed E-state index contributed by atoms with van der Waals surface area (Å²) in [5, 5.41) is 10.2. The molecule has 2 aliphatic heterocycles. The van der Waals surface area contributed by atoms with Gasteiger partial charge in [-0.1, -0.05) is 23.8 Å². The highest BCUT2D eigenvalue weighted by molar-refractivity contribution is 7.10. The summed E-state index contributed by atoms with van der Waals surface area (Å²) in [5.74, 6) is 2.93. The fourth-order valence-electron chi connectivity index (χ4n) is 4.70. The zero-order valence-corrected chi connectivity index (χ0v) is 19.9. The second-order valence-electron chi connectivity index (χ2n) is 8.24. The molecule has 7 nitrogen and oxygen atoms in total. The predicted molar refractivity (Wildman–Crippen MR) is 132 cm³/mol. The monoisotopic (exact) mass is 472 g/mol. The van der Waals surface area contributed by atoms with Crippen molar-refractivity contribution in [3.63, 3.8) is 0 Å². The van der Waals surface area contributed by atoms with Crippen molar-refractivity contribution < 1.29 is 14.2 Å². The first kappa shape index (κ1) is 20.8. The second kappa shape index (κ2) is 8.22. The van der Waals surface area contributed by atoms with Crippen LogP contribution in [0.25, 0.3) is 5.70 Å². The SMILES string of the molecule is CCOc1ccc(C2Oc3ccc(C)cc3C3=C2C(c2cccs2)n2ncnc2N3)cc1OC. The molecule has 2 unspecified atom stereocenters. The first-order valence-electron chi connectivity index (χ1n) is 11.2. The van der Waals surface area contributed by atoms with Crippen LogP contribution in [0.3, 0.4) is 0 Å². The summed E-state index contributed by atoms with van der Waals surface area (Å²) in [5.41, 5.74) is 5.27. The Labute approximate surface area is 201 Å². The number of benzene rings is 2. The van der Waals surface area contributed by atoms with Gasteiger partial charge < -0.3 is 19.5 Å². The minimum absolute atomic E-state index is 0.148. The zero-order chi connectivity index (χ0) is 23.2. The topological polar surface area (TPSA) is 70.4 Å². The molecule has 0 saturated heterocycles. The summed E-state index contributed by atoms with van der Waals surface area (Å²) in [6, 6.07) is 16.3. The quantitative estimate of drug-likeness (QED) is 0.407. The fraction of sp³-hybridized carbons (Fsp3) is 0.231. The van der Waals surface area contributed by atoms with Gasteiger partial charge in [-0.15, -0.1) is 11.3 Å². The van der Waals surface area contributed by atoms with Crippen LogP contribution in [0.15, 0.2) is 65.8 Å².